The molecule has 0 aliphatic rings. The van der Waals surface area contributed by atoms with Crippen LogP contribution in [0.2, 0.25) is 0 Å². The average Bonchev–Trinajstić information content (AvgIpc) is 2.54. The zero-order valence-electron chi connectivity index (χ0n) is 12.1. The summed E-state index contributed by atoms with van der Waals surface area (Å²) in [7, 11) is 0. The summed E-state index contributed by atoms with van der Waals surface area (Å²) in [4.78, 5) is 23.7. The van der Waals surface area contributed by atoms with E-state index in [0.29, 0.717) is 16.7 Å². The second-order valence-electron chi connectivity index (χ2n) is 4.95. The van der Waals surface area contributed by atoms with Crippen LogP contribution in [0.25, 0.3) is 0 Å². The van der Waals surface area contributed by atoms with Gasteiger partial charge in [0.15, 0.2) is 0 Å². The van der Waals surface area contributed by atoms with Crippen molar-refractivity contribution in [2.24, 2.45) is 5.73 Å². The third-order valence-electron chi connectivity index (χ3n) is 3.25. The number of carbonyl (C=O) groups excluding carboxylic acids is 2. The number of hydrogen-bond donors (Lipinski definition) is 2. The lowest BCUT2D eigenvalue weighted by atomic mass is 10.0. The van der Waals surface area contributed by atoms with Crippen LogP contribution in [-0.4, -0.2) is 17.9 Å². The molecule has 5 nitrogen and oxygen atoms in total. The number of halogens is 1. The van der Waals surface area contributed by atoms with Gasteiger partial charge in [0, 0.05) is 12.0 Å². The maximum absolute atomic E-state index is 13.2. The quantitative estimate of drug-likeness (QED) is 0.876. The third kappa shape index (κ3) is 4.38. The lowest BCUT2D eigenvalue weighted by Crippen LogP contribution is -2.45. The Kier molecular flexibility index (Phi) is 5.05. The number of nitrogens with zero attached hydrogens (tertiary/aromatic N) is 1. The number of rotatable bonds is 5. The molecule has 2 aromatic carbocycles. The Balaban J connectivity index is 2.11. The minimum absolute atomic E-state index is 0.0924. The predicted molar refractivity (Wildman–Crippen MR) is 81.7 cm³/mol. The highest BCUT2D eigenvalue weighted by molar-refractivity contribution is 5.97. The highest BCUT2D eigenvalue weighted by Gasteiger charge is 2.19. The predicted octanol–water partition coefficient (Wildman–Crippen LogP) is 1.52. The molecule has 116 valence electrons. The fourth-order valence-electron chi connectivity index (χ4n) is 2.06. The van der Waals surface area contributed by atoms with Crippen LogP contribution in [0.1, 0.15) is 21.5 Å². The molecule has 0 heterocycles. The molecule has 0 aliphatic carbocycles. The highest BCUT2D eigenvalue weighted by Crippen LogP contribution is 2.08. The van der Waals surface area contributed by atoms with Gasteiger partial charge < -0.3 is 11.1 Å². The van der Waals surface area contributed by atoms with Crippen LogP contribution in [0.4, 0.5) is 4.39 Å². The fraction of sp³-hybridized carbons (Fsp3) is 0.118. The van der Waals surface area contributed by atoms with Gasteiger partial charge >= 0.3 is 0 Å². The van der Waals surface area contributed by atoms with E-state index in [4.69, 9.17) is 11.0 Å². The largest absolute Gasteiger partial charge is 0.368 e. The normalized spacial score (nSPS) is 11.3. The number of nitrogens with two attached hydrogens (primary N) is 1. The number of hydrogen-bond acceptors (Lipinski definition) is 3. The number of carbonyl (C=O) groups is 2. The first kappa shape index (κ1) is 16.2. The summed E-state index contributed by atoms with van der Waals surface area (Å²) in [5, 5.41) is 11.2. The van der Waals surface area contributed by atoms with E-state index in [2.05, 4.69) is 5.32 Å². The standard InChI is InChI=1S/C17H14FN3O2/c18-14-3-1-2-12(8-14)9-15(16(20)22)21-17(23)13-6-4-11(10-19)5-7-13/h1-8,15H,9H2,(H2,20,22)(H,21,23)/t15-/m0/s1. The van der Waals surface area contributed by atoms with Gasteiger partial charge in [0.2, 0.25) is 5.91 Å². The minimum Gasteiger partial charge on any atom is -0.368 e. The molecule has 0 saturated heterocycles. The number of nitriles is 1. The van der Waals surface area contributed by atoms with E-state index < -0.39 is 23.7 Å². The van der Waals surface area contributed by atoms with Crippen molar-refractivity contribution in [3.05, 3.63) is 71.0 Å². The molecule has 2 aromatic rings. The molecule has 0 spiro atoms. The summed E-state index contributed by atoms with van der Waals surface area (Å²) < 4.78 is 13.2. The highest BCUT2D eigenvalue weighted by atomic mass is 19.1. The van der Waals surface area contributed by atoms with Crippen molar-refractivity contribution in [3.8, 4) is 6.07 Å². The van der Waals surface area contributed by atoms with E-state index in [1.54, 1.807) is 6.07 Å². The third-order valence-corrected chi connectivity index (χ3v) is 3.25. The zero-order chi connectivity index (χ0) is 16.8. The second kappa shape index (κ2) is 7.18. The molecule has 23 heavy (non-hydrogen) atoms. The molecule has 6 heteroatoms. The summed E-state index contributed by atoms with van der Waals surface area (Å²) in [5.74, 6) is -1.63. The Hall–Kier alpha value is -3.20. The Morgan fingerprint density at radius 2 is 1.91 bits per heavy atom. The Morgan fingerprint density at radius 3 is 2.48 bits per heavy atom. The molecule has 0 fully saturated rings. The lowest BCUT2D eigenvalue weighted by molar-refractivity contribution is -0.119. The topological polar surface area (TPSA) is 96.0 Å². The fourth-order valence-corrected chi connectivity index (χ4v) is 2.06. The molecule has 0 bridgehead atoms. The minimum atomic E-state index is -0.958. The van der Waals surface area contributed by atoms with Gasteiger partial charge in [0.25, 0.3) is 5.91 Å². The van der Waals surface area contributed by atoms with Crippen LogP contribution in [0.15, 0.2) is 48.5 Å². The van der Waals surface area contributed by atoms with Crippen LogP contribution in [0.5, 0.6) is 0 Å². The van der Waals surface area contributed by atoms with E-state index in [9.17, 15) is 14.0 Å². The van der Waals surface area contributed by atoms with Crippen molar-refractivity contribution in [2.75, 3.05) is 0 Å². The van der Waals surface area contributed by atoms with Gasteiger partial charge in [0.05, 0.1) is 11.6 Å². The van der Waals surface area contributed by atoms with Crippen molar-refractivity contribution in [2.45, 2.75) is 12.5 Å². The van der Waals surface area contributed by atoms with Crippen LogP contribution < -0.4 is 11.1 Å². The van der Waals surface area contributed by atoms with E-state index in [-0.39, 0.29) is 6.42 Å². The molecule has 0 saturated carbocycles. The van der Waals surface area contributed by atoms with Gasteiger partial charge in [-0.05, 0) is 42.0 Å². The molecule has 0 unspecified atom stereocenters. The number of benzene rings is 2. The van der Waals surface area contributed by atoms with Crippen molar-refractivity contribution in [1.82, 2.24) is 5.32 Å². The SMILES string of the molecule is N#Cc1ccc(C(=O)N[C@@H](Cc2cccc(F)c2)C(N)=O)cc1. The molecule has 0 radical (unpaired) electrons. The van der Waals surface area contributed by atoms with Gasteiger partial charge in [-0.2, -0.15) is 5.26 Å². The number of primary amides is 1. The monoisotopic (exact) mass is 311 g/mol. The lowest BCUT2D eigenvalue weighted by Gasteiger charge is -2.15. The van der Waals surface area contributed by atoms with Gasteiger partial charge in [-0.3, -0.25) is 9.59 Å². The smallest absolute Gasteiger partial charge is 0.251 e. The van der Waals surface area contributed by atoms with Crippen LogP contribution >= 0.6 is 0 Å². The van der Waals surface area contributed by atoms with E-state index >= 15 is 0 Å². The zero-order valence-corrected chi connectivity index (χ0v) is 12.1. The summed E-state index contributed by atoms with van der Waals surface area (Å²) in [5.41, 5.74) is 6.58. The van der Waals surface area contributed by atoms with Gasteiger partial charge in [-0.25, -0.2) is 4.39 Å². The van der Waals surface area contributed by atoms with E-state index in [1.165, 1.54) is 42.5 Å². The number of amides is 2. The molecular formula is C17H14FN3O2. The maximum Gasteiger partial charge on any atom is 0.251 e. The Bertz CT molecular complexity index is 766. The first-order valence-corrected chi connectivity index (χ1v) is 6.84. The molecule has 1 atom stereocenters. The molecular weight excluding hydrogens is 297 g/mol. The summed E-state index contributed by atoms with van der Waals surface area (Å²) in [6.45, 7) is 0. The van der Waals surface area contributed by atoms with Crippen LogP contribution in [0, 0.1) is 17.1 Å². The first-order chi connectivity index (χ1) is 11.0. The Morgan fingerprint density at radius 1 is 1.22 bits per heavy atom. The first-order valence-electron chi connectivity index (χ1n) is 6.84. The van der Waals surface area contributed by atoms with Gasteiger partial charge in [-0.15, -0.1) is 0 Å². The Labute approximate surface area is 132 Å². The molecule has 2 amide bonds. The summed E-state index contributed by atoms with van der Waals surface area (Å²) >= 11 is 0. The van der Waals surface area contributed by atoms with E-state index in [1.807, 2.05) is 6.07 Å². The van der Waals surface area contributed by atoms with Crippen LogP contribution in [-0.2, 0) is 11.2 Å². The van der Waals surface area contributed by atoms with Crippen molar-refractivity contribution >= 4 is 11.8 Å². The van der Waals surface area contributed by atoms with Crippen LogP contribution in [0.3, 0.4) is 0 Å². The van der Waals surface area contributed by atoms with Crippen molar-refractivity contribution < 1.29 is 14.0 Å². The molecule has 0 aromatic heterocycles. The molecule has 3 N–H and O–H groups in total. The summed E-state index contributed by atoms with van der Waals surface area (Å²) in [6.07, 6.45) is 0.0924. The van der Waals surface area contributed by atoms with Gasteiger partial charge in [-0.1, -0.05) is 12.1 Å². The summed E-state index contributed by atoms with van der Waals surface area (Å²) in [6, 6.07) is 12.7. The molecule has 0 aliphatic heterocycles. The van der Waals surface area contributed by atoms with Crippen molar-refractivity contribution in [1.29, 1.82) is 5.26 Å². The number of nitrogens with one attached hydrogen (secondary N) is 1. The maximum atomic E-state index is 13.2. The van der Waals surface area contributed by atoms with Gasteiger partial charge in [0.1, 0.15) is 11.9 Å². The van der Waals surface area contributed by atoms with E-state index in [0.717, 1.165) is 0 Å². The second-order valence-corrected chi connectivity index (χ2v) is 4.95. The van der Waals surface area contributed by atoms with Crippen molar-refractivity contribution in [3.63, 3.8) is 0 Å². The molecule has 2 rings (SSSR count). The average molecular weight is 311 g/mol.